The van der Waals surface area contributed by atoms with E-state index in [0.29, 0.717) is 53.9 Å². The Bertz CT molecular complexity index is 1780. The standard InChI is InChI=1S/C36H36N2O8S/c1-5-19-45-26-16-13-24(14-17-26)31(39)29-30(38(34(41)32(29)40)36-37-22(4)33(47-36)35(42)44-7-3)25-15-18-27(28(20-25)43-6-2)46-21-23-11-9-8-10-12-23/h8-18,20,30,39H,5-7,19,21H2,1-4H3/b31-29+. The molecule has 1 fully saturated rings. The monoisotopic (exact) mass is 656 g/mol. The van der Waals surface area contributed by atoms with Gasteiger partial charge in [-0.25, -0.2) is 9.78 Å². The molecule has 0 bridgehead atoms. The van der Waals surface area contributed by atoms with E-state index in [9.17, 15) is 19.5 Å². The Labute approximate surface area is 277 Å². The lowest BCUT2D eigenvalue weighted by molar-refractivity contribution is -0.132. The molecule has 0 spiro atoms. The number of Topliss-reactive ketones (excluding diaryl/α,β-unsaturated/α-hetero) is 1. The van der Waals surface area contributed by atoms with Crippen LogP contribution in [0, 0.1) is 6.92 Å². The predicted octanol–water partition coefficient (Wildman–Crippen LogP) is 7.02. The first-order chi connectivity index (χ1) is 22.8. The maximum atomic E-state index is 13.8. The second-order valence-corrected chi connectivity index (χ2v) is 11.6. The summed E-state index contributed by atoms with van der Waals surface area (Å²) >= 11 is 0.942. The Morgan fingerprint density at radius 2 is 1.66 bits per heavy atom. The van der Waals surface area contributed by atoms with Crippen LogP contribution in [0.1, 0.15) is 65.3 Å². The third-order valence-corrected chi connectivity index (χ3v) is 8.45. The smallest absolute Gasteiger partial charge is 0.350 e. The molecule has 5 rings (SSSR count). The van der Waals surface area contributed by atoms with Crippen LogP contribution in [0.2, 0.25) is 0 Å². The molecule has 244 valence electrons. The summed E-state index contributed by atoms with van der Waals surface area (Å²) in [4.78, 5) is 46.1. The molecule has 1 aliphatic rings. The summed E-state index contributed by atoms with van der Waals surface area (Å²) in [6.45, 7) is 8.48. The summed E-state index contributed by atoms with van der Waals surface area (Å²) in [5.41, 5.74) is 1.98. The van der Waals surface area contributed by atoms with Crippen molar-refractivity contribution in [2.24, 2.45) is 0 Å². The van der Waals surface area contributed by atoms with E-state index < -0.39 is 23.7 Å². The first-order valence-corrected chi connectivity index (χ1v) is 16.2. The number of aryl methyl sites for hydroxylation is 1. The van der Waals surface area contributed by atoms with Gasteiger partial charge >= 0.3 is 11.9 Å². The van der Waals surface area contributed by atoms with Crippen molar-refractivity contribution < 1.29 is 38.4 Å². The minimum atomic E-state index is -1.10. The van der Waals surface area contributed by atoms with Gasteiger partial charge in [0, 0.05) is 5.56 Å². The summed E-state index contributed by atoms with van der Waals surface area (Å²) < 4.78 is 22.9. The zero-order valence-electron chi connectivity index (χ0n) is 26.6. The van der Waals surface area contributed by atoms with Crippen molar-refractivity contribution in [3.8, 4) is 17.2 Å². The highest BCUT2D eigenvalue weighted by Crippen LogP contribution is 2.45. The van der Waals surface area contributed by atoms with Gasteiger partial charge in [0.2, 0.25) is 0 Å². The minimum Gasteiger partial charge on any atom is -0.507 e. The van der Waals surface area contributed by atoms with E-state index in [1.54, 1.807) is 56.3 Å². The third-order valence-electron chi connectivity index (χ3n) is 7.32. The van der Waals surface area contributed by atoms with Crippen molar-refractivity contribution in [3.05, 3.63) is 106 Å². The molecule has 1 saturated heterocycles. The Morgan fingerprint density at radius 1 is 0.915 bits per heavy atom. The zero-order valence-corrected chi connectivity index (χ0v) is 27.5. The largest absolute Gasteiger partial charge is 0.507 e. The molecule has 1 unspecified atom stereocenters. The molecule has 1 amide bonds. The molecule has 4 aromatic rings. The SMILES string of the molecule is CCCOc1ccc(/C(O)=C2\C(=O)C(=O)N(c3nc(C)c(C(=O)OCC)s3)C2c2ccc(OCc3ccccc3)c(OCC)c2)cc1. The van der Waals surface area contributed by atoms with E-state index in [2.05, 4.69) is 4.98 Å². The summed E-state index contributed by atoms with van der Waals surface area (Å²) in [6, 6.07) is 20.3. The Morgan fingerprint density at radius 3 is 2.34 bits per heavy atom. The van der Waals surface area contributed by atoms with Crippen LogP contribution in [0.3, 0.4) is 0 Å². The molecule has 2 heterocycles. The predicted molar refractivity (Wildman–Crippen MR) is 178 cm³/mol. The molecule has 3 aromatic carbocycles. The van der Waals surface area contributed by atoms with Gasteiger partial charge in [-0.1, -0.05) is 54.7 Å². The Kier molecular flexibility index (Phi) is 10.6. The van der Waals surface area contributed by atoms with Gasteiger partial charge in [0.25, 0.3) is 5.78 Å². The number of hydrogen-bond donors (Lipinski definition) is 1. The van der Waals surface area contributed by atoms with E-state index in [0.717, 1.165) is 23.3 Å². The fourth-order valence-electron chi connectivity index (χ4n) is 5.12. The number of carbonyl (C=O) groups is 3. The maximum Gasteiger partial charge on any atom is 0.350 e. The van der Waals surface area contributed by atoms with Crippen LogP contribution in [0.15, 0.2) is 78.4 Å². The number of ketones is 1. The zero-order chi connectivity index (χ0) is 33.5. The molecule has 1 aromatic heterocycles. The number of esters is 1. The van der Waals surface area contributed by atoms with E-state index in [1.807, 2.05) is 44.2 Å². The number of carbonyl (C=O) groups excluding carboxylic acids is 3. The fourth-order valence-corrected chi connectivity index (χ4v) is 6.11. The number of aromatic nitrogens is 1. The van der Waals surface area contributed by atoms with Crippen LogP contribution in [0.25, 0.3) is 5.76 Å². The Hall–Kier alpha value is -5.16. The highest BCUT2D eigenvalue weighted by atomic mass is 32.1. The molecule has 0 saturated carbocycles. The van der Waals surface area contributed by atoms with Crippen LogP contribution >= 0.6 is 11.3 Å². The van der Waals surface area contributed by atoms with E-state index >= 15 is 0 Å². The number of hydrogen-bond acceptors (Lipinski definition) is 10. The van der Waals surface area contributed by atoms with E-state index in [-0.39, 0.29) is 27.9 Å². The first-order valence-electron chi connectivity index (χ1n) is 15.4. The lowest BCUT2D eigenvalue weighted by Crippen LogP contribution is -2.29. The van der Waals surface area contributed by atoms with Crippen molar-refractivity contribution in [1.29, 1.82) is 0 Å². The van der Waals surface area contributed by atoms with Gasteiger partial charge in [-0.15, -0.1) is 0 Å². The number of aliphatic hydroxyl groups is 1. The van der Waals surface area contributed by atoms with E-state index in [1.165, 1.54) is 4.90 Å². The number of amides is 1. The van der Waals surface area contributed by atoms with Crippen LogP contribution < -0.4 is 19.1 Å². The third kappa shape index (κ3) is 7.15. The molecule has 1 N–H and O–H groups in total. The summed E-state index contributed by atoms with van der Waals surface area (Å²) in [7, 11) is 0. The molecule has 11 heteroatoms. The van der Waals surface area contributed by atoms with Crippen molar-refractivity contribution in [3.63, 3.8) is 0 Å². The van der Waals surface area contributed by atoms with Gasteiger partial charge < -0.3 is 24.1 Å². The highest BCUT2D eigenvalue weighted by Gasteiger charge is 2.48. The average molecular weight is 657 g/mol. The summed E-state index contributed by atoms with van der Waals surface area (Å²) in [5.74, 6) is -1.26. The normalized spacial score (nSPS) is 15.5. The molecule has 1 atom stereocenters. The van der Waals surface area contributed by atoms with Crippen LogP contribution in [-0.4, -0.2) is 47.6 Å². The van der Waals surface area contributed by atoms with Crippen molar-refractivity contribution in [1.82, 2.24) is 4.98 Å². The summed E-state index contributed by atoms with van der Waals surface area (Å²) in [6.07, 6.45) is 0.832. The van der Waals surface area contributed by atoms with Gasteiger partial charge in [0.1, 0.15) is 23.0 Å². The topological polar surface area (TPSA) is 124 Å². The van der Waals surface area contributed by atoms with Crippen molar-refractivity contribution in [2.75, 3.05) is 24.7 Å². The number of aliphatic hydroxyl groups excluding tert-OH is 1. The quantitative estimate of drug-likeness (QED) is 0.0700. The Balaban J connectivity index is 1.62. The van der Waals surface area contributed by atoms with Crippen molar-refractivity contribution >= 4 is 39.9 Å². The van der Waals surface area contributed by atoms with E-state index in [4.69, 9.17) is 18.9 Å². The molecular weight excluding hydrogens is 620 g/mol. The van der Waals surface area contributed by atoms with Crippen LogP contribution in [0.5, 0.6) is 17.2 Å². The molecule has 1 aliphatic heterocycles. The number of anilines is 1. The van der Waals surface area contributed by atoms with Crippen LogP contribution in [0.4, 0.5) is 5.13 Å². The molecule has 0 aliphatic carbocycles. The maximum absolute atomic E-state index is 13.8. The molecular formula is C36H36N2O8S. The van der Waals surface area contributed by atoms with Crippen LogP contribution in [-0.2, 0) is 20.9 Å². The van der Waals surface area contributed by atoms with Gasteiger partial charge in [-0.05, 0) is 74.7 Å². The first kappa shape index (κ1) is 33.2. The molecule has 0 radical (unpaired) electrons. The van der Waals surface area contributed by atoms with Gasteiger partial charge in [0.15, 0.2) is 16.6 Å². The number of benzene rings is 3. The average Bonchev–Trinajstić information content (AvgIpc) is 3.59. The van der Waals surface area contributed by atoms with Crippen molar-refractivity contribution in [2.45, 2.75) is 46.8 Å². The molecule has 10 nitrogen and oxygen atoms in total. The summed E-state index contributed by atoms with van der Waals surface area (Å²) in [5, 5.41) is 11.7. The number of rotatable bonds is 13. The lowest BCUT2D eigenvalue weighted by Gasteiger charge is -2.24. The minimum absolute atomic E-state index is 0.113. The lowest BCUT2D eigenvalue weighted by atomic mass is 9.95. The molecule has 47 heavy (non-hydrogen) atoms. The highest BCUT2D eigenvalue weighted by molar-refractivity contribution is 7.17. The second-order valence-electron chi connectivity index (χ2n) is 10.6. The fraction of sp³-hybridized carbons (Fsp3) is 0.278. The number of ether oxygens (including phenoxy) is 4. The van der Waals surface area contributed by atoms with Gasteiger partial charge in [-0.2, -0.15) is 0 Å². The van der Waals surface area contributed by atoms with Gasteiger partial charge in [0.05, 0.1) is 37.1 Å². The second kappa shape index (κ2) is 15.0. The number of thiazole rings is 1. The number of nitrogens with zero attached hydrogens (tertiary/aromatic N) is 2. The van der Waals surface area contributed by atoms with Gasteiger partial charge in [-0.3, -0.25) is 14.5 Å².